The second kappa shape index (κ2) is 12.5. The molecule has 10 nitrogen and oxygen atoms in total. The minimum Gasteiger partial charge on any atom is -0.481 e. The van der Waals surface area contributed by atoms with Gasteiger partial charge in [0.25, 0.3) is 17.0 Å². The molecule has 0 aliphatic carbocycles. The maximum absolute atomic E-state index is 12.6. The third-order valence-electron chi connectivity index (χ3n) is 5.40. The average Bonchev–Trinajstić information content (AvgIpc) is 3.44. The summed E-state index contributed by atoms with van der Waals surface area (Å²) in [5.41, 5.74) is 0.822. The van der Waals surface area contributed by atoms with Gasteiger partial charge < -0.3 is 25.1 Å². The van der Waals surface area contributed by atoms with E-state index in [1.165, 1.54) is 35.6 Å². The number of anilines is 1. The maximum Gasteiger partial charge on any atom is 0.311 e. The Bertz CT molecular complexity index is 1720. The predicted octanol–water partition coefficient (Wildman–Crippen LogP) is 2.19. The summed E-state index contributed by atoms with van der Waals surface area (Å²) in [5, 5.41) is 13.4. The number of benzene rings is 2. The second-order valence-corrected chi connectivity index (χ2v) is 9.32. The number of carbonyl (C=O) groups is 3. The van der Waals surface area contributed by atoms with Crippen molar-refractivity contribution in [3.05, 3.63) is 113 Å². The van der Waals surface area contributed by atoms with Crippen molar-refractivity contribution in [1.29, 1.82) is 0 Å². The van der Waals surface area contributed by atoms with Gasteiger partial charge in [0.2, 0.25) is 0 Å². The highest BCUT2D eigenvalue weighted by atomic mass is 32.1. The van der Waals surface area contributed by atoms with Crippen molar-refractivity contribution in [2.75, 3.05) is 5.32 Å². The number of carbonyl (C=O) groups excluding carboxylic acids is 2. The average molecular weight is 546 g/mol. The van der Waals surface area contributed by atoms with Crippen LogP contribution in [0.2, 0.25) is 0 Å². The van der Waals surface area contributed by atoms with E-state index in [-0.39, 0.29) is 41.6 Å². The summed E-state index contributed by atoms with van der Waals surface area (Å²) >= 11 is 1.34. The fourth-order valence-corrected chi connectivity index (χ4v) is 4.11. The molecule has 0 unspecified atom stereocenters. The highest BCUT2D eigenvalue weighted by molar-refractivity contribution is 7.12. The van der Waals surface area contributed by atoms with Crippen LogP contribution in [0.25, 0.3) is 12.2 Å². The molecular formula is C28H23N3O7S. The molecule has 198 valence electrons. The fourth-order valence-electron chi connectivity index (χ4n) is 3.49. The molecule has 0 saturated carbocycles. The Morgan fingerprint density at radius 2 is 1.44 bits per heavy atom. The lowest BCUT2D eigenvalue weighted by Crippen LogP contribution is -2.46. The van der Waals surface area contributed by atoms with Crippen molar-refractivity contribution in [1.82, 2.24) is 9.97 Å². The molecule has 4 rings (SSSR count). The van der Waals surface area contributed by atoms with Gasteiger partial charge in [-0.05, 0) is 65.4 Å². The third kappa shape index (κ3) is 7.73. The first-order valence-electron chi connectivity index (χ1n) is 11.8. The molecule has 2 aromatic heterocycles. The highest BCUT2D eigenvalue weighted by Crippen LogP contribution is 2.15. The number of ether oxygens (including phenoxy) is 1. The van der Waals surface area contributed by atoms with Crippen molar-refractivity contribution in [3.8, 4) is 5.75 Å². The largest absolute Gasteiger partial charge is 0.481 e. The van der Waals surface area contributed by atoms with Gasteiger partial charge in [-0.2, -0.15) is 0 Å². The number of aromatic amines is 2. The number of aliphatic carboxylic acids is 1. The predicted molar refractivity (Wildman–Crippen MR) is 146 cm³/mol. The quantitative estimate of drug-likeness (QED) is 0.185. The number of rotatable bonds is 9. The number of esters is 1. The van der Waals surface area contributed by atoms with Gasteiger partial charge in [-0.3, -0.25) is 24.0 Å². The van der Waals surface area contributed by atoms with Crippen LogP contribution < -0.4 is 31.9 Å². The zero-order valence-electron chi connectivity index (χ0n) is 20.4. The molecule has 0 saturated heterocycles. The van der Waals surface area contributed by atoms with Gasteiger partial charge in [0.15, 0.2) is 0 Å². The van der Waals surface area contributed by atoms with E-state index in [2.05, 4.69) is 15.3 Å². The number of hydrogen-bond acceptors (Lipinski definition) is 7. The molecule has 1 amide bonds. The van der Waals surface area contributed by atoms with E-state index in [0.717, 1.165) is 0 Å². The van der Waals surface area contributed by atoms with E-state index in [9.17, 15) is 24.0 Å². The van der Waals surface area contributed by atoms with Gasteiger partial charge in [0.1, 0.15) is 16.4 Å². The molecule has 2 heterocycles. The molecular weight excluding hydrogens is 522 g/mol. The normalized spacial score (nSPS) is 11.8. The van der Waals surface area contributed by atoms with Crippen LogP contribution in [0, 0.1) is 0 Å². The number of carboxylic acid groups (broad SMARTS) is 1. The van der Waals surface area contributed by atoms with E-state index in [1.54, 1.807) is 48.5 Å². The smallest absolute Gasteiger partial charge is 0.311 e. The Morgan fingerprint density at radius 1 is 0.846 bits per heavy atom. The molecule has 0 aliphatic rings. The lowest BCUT2D eigenvalue weighted by Gasteiger charge is -2.04. The fraction of sp³-hybridized carbons (Fsp3) is 0.107. The van der Waals surface area contributed by atoms with Gasteiger partial charge in [-0.1, -0.05) is 30.3 Å². The Morgan fingerprint density at radius 3 is 1.97 bits per heavy atom. The third-order valence-corrected chi connectivity index (χ3v) is 6.27. The second-order valence-electron chi connectivity index (χ2n) is 8.37. The van der Waals surface area contributed by atoms with E-state index in [4.69, 9.17) is 9.84 Å². The number of nitrogens with one attached hydrogen (secondary N) is 3. The molecule has 4 N–H and O–H groups in total. The highest BCUT2D eigenvalue weighted by Gasteiger charge is 2.08. The van der Waals surface area contributed by atoms with Crippen LogP contribution in [0.5, 0.6) is 5.75 Å². The Kier molecular flexibility index (Phi) is 8.64. The Hall–Kier alpha value is -5.03. The van der Waals surface area contributed by atoms with E-state index >= 15 is 0 Å². The minimum atomic E-state index is -0.979. The molecule has 4 aromatic rings. The van der Waals surface area contributed by atoms with Gasteiger partial charge in [-0.25, -0.2) is 0 Å². The summed E-state index contributed by atoms with van der Waals surface area (Å²) in [6, 6.07) is 16.6. The lowest BCUT2D eigenvalue weighted by atomic mass is 10.2. The van der Waals surface area contributed by atoms with Crippen LogP contribution in [0.1, 0.15) is 40.1 Å². The number of aromatic nitrogens is 2. The van der Waals surface area contributed by atoms with Gasteiger partial charge in [0.05, 0.1) is 4.88 Å². The lowest BCUT2D eigenvalue weighted by molar-refractivity contribution is -0.137. The minimum absolute atomic E-state index is 0.0174. The van der Waals surface area contributed by atoms with Crippen LogP contribution in [-0.4, -0.2) is 32.9 Å². The standard InChI is InChI=1S/C28H23N3O7S/c32-24(33)4-1-5-25(34)38-20-12-8-18(9-13-20)16-22-27(36)30-21(26(35)31-22)15-17-6-10-19(11-7-17)29-28(37)23-3-2-14-39-23/h2-3,6-16H,1,4-5H2,(H,29,37)(H,30,36)(H,31,35)(H,32,33)/b21-15-,22-16-. The summed E-state index contributed by atoms with van der Waals surface area (Å²) < 4.78 is 5.16. The van der Waals surface area contributed by atoms with Crippen LogP contribution in [0.3, 0.4) is 0 Å². The number of amides is 1. The van der Waals surface area contributed by atoms with Gasteiger partial charge in [0, 0.05) is 18.5 Å². The molecule has 39 heavy (non-hydrogen) atoms. The maximum atomic E-state index is 12.6. The summed E-state index contributed by atoms with van der Waals surface area (Å²) in [5.74, 6) is -1.46. The first-order chi connectivity index (χ1) is 18.8. The van der Waals surface area contributed by atoms with Crippen molar-refractivity contribution in [2.45, 2.75) is 19.3 Å². The number of hydrogen-bond donors (Lipinski definition) is 4. The Balaban J connectivity index is 1.45. The van der Waals surface area contributed by atoms with Crippen LogP contribution in [-0.2, 0) is 9.59 Å². The van der Waals surface area contributed by atoms with Crippen LogP contribution in [0.4, 0.5) is 5.69 Å². The number of H-pyrrole nitrogens is 2. The van der Waals surface area contributed by atoms with Crippen LogP contribution in [0.15, 0.2) is 75.6 Å². The van der Waals surface area contributed by atoms with Gasteiger partial charge in [-0.15, -0.1) is 11.3 Å². The first kappa shape index (κ1) is 27.0. The molecule has 0 fully saturated rings. The molecule has 0 aliphatic heterocycles. The summed E-state index contributed by atoms with van der Waals surface area (Å²) in [4.78, 5) is 65.4. The zero-order chi connectivity index (χ0) is 27.8. The molecule has 0 radical (unpaired) electrons. The summed E-state index contributed by atoms with van der Waals surface area (Å²) in [6.45, 7) is 0. The SMILES string of the molecule is O=C(O)CCCC(=O)Oc1ccc(/C=c2\[nH]c(=O)/c(=C/c3ccc(NC(=O)c4cccs4)cc3)[nH]c2=O)cc1. The van der Waals surface area contributed by atoms with E-state index in [0.29, 0.717) is 21.7 Å². The Labute approximate surface area is 224 Å². The molecule has 0 atom stereocenters. The molecule has 2 aromatic carbocycles. The summed E-state index contributed by atoms with van der Waals surface area (Å²) in [7, 11) is 0. The zero-order valence-corrected chi connectivity index (χ0v) is 21.2. The van der Waals surface area contributed by atoms with Crippen molar-refractivity contribution in [3.63, 3.8) is 0 Å². The first-order valence-corrected chi connectivity index (χ1v) is 12.7. The monoisotopic (exact) mass is 545 g/mol. The number of carboxylic acids is 1. The molecule has 0 spiro atoms. The van der Waals surface area contributed by atoms with Crippen LogP contribution >= 0.6 is 11.3 Å². The molecule has 0 bridgehead atoms. The van der Waals surface area contributed by atoms with Crippen molar-refractivity contribution in [2.24, 2.45) is 0 Å². The molecule has 11 heteroatoms. The van der Waals surface area contributed by atoms with Crippen molar-refractivity contribution < 1.29 is 24.2 Å². The summed E-state index contributed by atoms with van der Waals surface area (Å²) in [6.07, 6.45) is 3.05. The number of thiophene rings is 1. The van der Waals surface area contributed by atoms with Gasteiger partial charge >= 0.3 is 11.9 Å². The van der Waals surface area contributed by atoms with E-state index in [1.807, 2.05) is 5.38 Å². The topological polar surface area (TPSA) is 158 Å². The van der Waals surface area contributed by atoms with Crippen molar-refractivity contribution >= 4 is 47.0 Å². The van der Waals surface area contributed by atoms with E-state index < -0.39 is 23.1 Å².